The number of piperazine rings is 1. The van der Waals surface area contributed by atoms with Crippen molar-refractivity contribution in [3.8, 4) is 11.1 Å². The standard InChI is InChI=1S/C24H26Cl2N4O3/c1-24(2,3)33-23(32)30-9-8-29(12-17(30)13-31)22-19-10-18(15-4-6-16(25)7-5-15)20(26)11-21(19)27-14-28-22/h4-7,10-11,14,17,31H,8-9,12-13H2,1-3H3/t17-/m1/s1. The van der Waals surface area contributed by atoms with Gasteiger partial charge in [0.2, 0.25) is 0 Å². The van der Waals surface area contributed by atoms with Crippen molar-refractivity contribution in [2.45, 2.75) is 32.4 Å². The molecule has 0 radical (unpaired) electrons. The lowest BCUT2D eigenvalue weighted by Crippen LogP contribution is -2.57. The molecule has 0 unspecified atom stereocenters. The van der Waals surface area contributed by atoms with Crippen LogP contribution < -0.4 is 4.90 Å². The summed E-state index contributed by atoms with van der Waals surface area (Å²) in [6.07, 6.45) is 1.08. The van der Waals surface area contributed by atoms with Gasteiger partial charge in [-0.15, -0.1) is 0 Å². The van der Waals surface area contributed by atoms with Crippen molar-refractivity contribution in [2.75, 3.05) is 31.1 Å². The Morgan fingerprint density at radius 3 is 2.55 bits per heavy atom. The number of aliphatic hydroxyl groups excluding tert-OH is 1. The van der Waals surface area contributed by atoms with Crippen LogP contribution in [0.15, 0.2) is 42.7 Å². The molecule has 0 spiro atoms. The number of amides is 1. The number of aliphatic hydroxyl groups is 1. The zero-order chi connectivity index (χ0) is 23.8. The van der Waals surface area contributed by atoms with Gasteiger partial charge >= 0.3 is 6.09 Å². The number of fused-ring (bicyclic) bond motifs is 1. The maximum Gasteiger partial charge on any atom is 0.410 e. The zero-order valence-corrected chi connectivity index (χ0v) is 20.3. The Labute approximate surface area is 202 Å². The van der Waals surface area contributed by atoms with Crippen LogP contribution in [0, 0.1) is 0 Å². The summed E-state index contributed by atoms with van der Waals surface area (Å²) in [7, 11) is 0. The number of anilines is 1. The predicted molar refractivity (Wildman–Crippen MR) is 131 cm³/mol. The van der Waals surface area contributed by atoms with Gasteiger partial charge in [-0.05, 0) is 50.6 Å². The first-order valence-corrected chi connectivity index (χ1v) is 11.5. The average Bonchev–Trinajstić information content (AvgIpc) is 2.77. The van der Waals surface area contributed by atoms with E-state index in [0.717, 1.165) is 27.8 Å². The van der Waals surface area contributed by atoms with Crippen molar-refractivity contribution in [3.63, 3.8) is 0 Å². The van der Waals surface area contributed by atoms with Gasteiger partial charge in [-0.2, -0.15) is 0 Å². The molecule has 9 heteroatoms. The van der Waals surface area contributed by atoms with E-state index in [0.29, 0.717) is 29.7 Å². The first-order valence-electron chi connectivity index (χ1n) is 10.7. The molecule has 174 valence electrons. The molecule has 1 aromatic heterocycles. The second-order valence-electron chi connectivity index (χ2n) is 9.01. The normalized spacial score (nSPS) is 16.8. The second-order valence-corrected chi connectivity index (χ2v) is 9.85. The summed E-state index contributed by atoms with van der Waals surface area (Å²) in [5.74, 6) is 0.731. The Morgan fingerprint density at radius 1 is 1.15 bits per heavy atom. The van der Waals surface area contributed by atoms with Gasteiger partial charge in [0.15, 0.2) is 0 Å². The van der Waals surface area contributed by atoms with Crippen LogP contribution in [0.25, 0.3) is 22.0 Å². The Balaban J connectivity index is 1.66. The van der Waals surface area contributed by atoms with Gasteiger partial charge in [-0.3, -0.25) is 4.90 Å². The van der Waals surface area contributed by atoms with Crippen LogP contribution in [0.5, 0.6) is 0 Å². The maximum absolute atomic E-state index is 12.6. The van der Waals surface area contributed by atoms with E-state index in [1.165, 1.54) is 6.33 Å². The van der Waals surface area contributed by atoms with Crippen molar-refractivity contribution >= 4 is 46.0 Å². The summed E-state index contributed by atoms with van der Waals surface area (Å²) in [5.41, 5.74) is 1.90. The zero-order valence-electron chi connectivity index (χ0n) is 18.8. The number of rotatable bonds is 3. The molecule has 1 fully saturated rings. The monoisotopic (exact) mass is 488 g/mol. The van der Waals surface area contributed by atoms with Crippen molar-refractivity contribution in [3.05, 3.63) is 52.8 Å². The number of carbonyl (C=O) groups excluding carboxylic acids is 1. The molecule has 1 atom stereocenters. The number of aromatic nitrogens is 2. The summed E-state index contributed by atoms with van der Waals surface area (Å²) in [6, 6.07) is 10.9. The average molecular weight is 489 g/mol. The lowest BCUT2D eigenvalue weighted by atomic mass is 10.0. The minimum atomic E-state index is -0.603. The largest absolute Gasteiger partial charge is 0.444 e. The molecule has 0 aliphatic carbocycles. The lowest BCUT2D eigenvalue weighted by molar-refractivity contribution is 0.00701. The van der Waals surface area contributed by atoms with E-state index in [1.807, 2.05) is 57.2 Å². The fourth-order valence-electron chi connectivity index (χ4n) is 3.93. The van der Waals surface area contributed by atoms with Crippen molar-refractivity contribution in [2.24, 2.45) is 0 Å². The summed E-state index contributed by atoms with van der Waals surface area (Å²) < 4.78 is 5.51. The first-order chi connectivity index (χ1) is 15.7. The lowest BCUT2D eigenvalue weighted by Gasteiger charge is -2.41. The van der Waals surface area contributed by atoms with E-state index in [9.17, 15) is 9.90 Å². The SMILES string of the molecule is CC(C)(C)OC(=O)N1CCN(c2ncnc3cc(Cl)c(-c4ccc(Cl)cc4)cc23)C[C@@H]1CO. The highest BCUT2D eigenvalue weighted by Crippen LogP contribution is 2.35. The molecule has 3 aromatic rings. The Hall–Kier alpha value is -2.61. The minimum Gasteiger partial charge on any atom is -0.444 e. The number of nitrogens with zero attached hydrogens (tertiary/aromatic N) is 4. The molecule has 2 aromatic carbocycles. The van der Waals surface area contributed by atoms with E-state index in [1.54, 1.807) is 4.90 Å². The molecule has 2 heterocycles. The fourth-order valence-corrected chi connectivity index (χ4v) is 4.32. The quantitative estimate of drug-likeness (QED) is 0.557. The Bertz CT molecular complexity index is 1160. The molecule has 1 aliphatic heterocycles. The molecule has 1 amide bonds. The van der Waals surface area contributed by atoms with Crippen LogP contribution in [0.3, 0.4) is 0 Å². The molecular weight excluding hydrogens is 463 g/mol. The number of ether oxygens (including phenoxy) is 1. The molecule has 0 saturated carbocycles. The highest BCUT2D eigenvalue weighted by molar-refractivity contribution is 6.34. The number of carbonyl (C=O) groups is 1. The highest BCUT2D eigenvalue weighted by atomic mass is 35.5. The summed E-state index contributed by atoms with van der Waals surface area (Å²) in [4.78, 5) is 25.2. The van der Waals surface area contributed by atoms with Gasteiger partial charge in [0.05, 0.1) is 23.2 Å². The Morgan fingerprint density at radius 2 is 1.88 bits per heavy atom. The molecule has 7 nitrogen and oxygen atoms in total. The van der Waals surface area contributed by atoms with Crippen LogP contribution in [-0.4, -0.2) is 64.0 Å². The van der Waals surface area contributed by atoms with Crippen molar-refractivity contribution in [1.82, 2.24) is 14.9 Å². The van der Waals surface area contributed by atoms with Gasteiger partial charge in [-0.1, -0.05) is 35.3 Å². The van der Waals surface area contributed by atoms with Crippen LogP contribution in [-0.2, 0) is 4.74 Å². The number of hydrogen-bond acceptors (Lipinski definition) is 6. The Kier molecular flexibility index (Phi) is 6.66. The number of halogens is 2. The van der Waals surface area contributed by atoms with Gasteiger partial charge in [-0.25, -0.2) is 14.8 Å². The molecule has 1 saturated heterocycles. The van der Waals surface area contributed by atoms with E-state index in [2.05, 4.69) is 14.9 Å². The third-order valence-corrected chi connectivity index (χ3v) is 6.04. The smallest absolute Gasteiger partial charge is 0.410 e. The molecule has 1 N–H and O–H groups in total. The van der Waals surface area contributed by atoms with E-state index < -0.39 is 17.7 Å². The van der Waals surface area contributed by atoms with Crippen LogP contribution in [0.4, 0.5) is 10.6 Å². The topological polar surface area (TPSA) is 78.8 Å². The summed E-state index contributed by atoms with van der Waals surface area (Å²) in [6.45, 7) is 6.66. The molecule has 33 heavy (non-hydrogen) atoms. The van der Waals surface area contributed by atoms with Crippen molar-refractivity contribution < 1.29 is 14.6 Å². The molecule has 0 bridgehead atoms. The number of benzene rings is 2. The van der Waals surface area contributed by atoms with Crippen LogP contribution in [0.1, 0.15) is 20.8 Å². The van der Waals surface area contributed by atoms with Crippen molar-refractivity contribution in [1.29, 1.82) is 0 Å². The third-order valence-electron chi connectivity index (χ3n) is 5.48. The third kappa shape index (κ3) is 5.16. The first kappa shape index (κ1) is 23.5. The van der Waals surface area contributed by atoms with Crippen LogP contribution >= 0.6 is 23.2 Å². The van der Waals surface area contributed by atoms with Gasteiger partial charge in [0.25, 0.3) is 0 Å². The predicted octanol–water partition coefficient (Wildman–Crippen LogP) is 5.02. The summed E-state index contributed by atoms with van der Waals surface area (Å²) >= 11 is 12.6. The maximum atomic E-state index is 12.6. The molecular formula is C24H26Cl2N4O3. The van der Waals surface area contributed by atoms with Crippen LogP contribution in [0.2, 0.25) is 10.0 Å². The van der Waals surface area contributed by atoms with E-state index in [-0.39, 0.29) is 6.61 Å². The fraction of sp³-hybridized carbons (Fsp3) is 0.375. The molecule has 1 aliphatic rings. The van der Waals surface area contributed by atoms with Gasteiger partial charge < -0.3 is 14.7 Å². The van der Waals surface area contributed by atoms with Gasteiger partial charge in [0, 0.05) is 35.6 Å². The molecule has 4 rings (SSSR count). The summed E-state index contributed by atoms with van der Waals surface area (Å²) in [5, 5.41) is 12.1. The second kappa shape index (κ2) is 9.33. The van der Waals surface area contributed by atoms with E-state index >= 15 is 0 Å². The van der Waals surface area contributed by atoms with E-state index in [4.69, 9.17) is 27.9 Å². The minimum absolute atomic E-state index is 0.180. The highest BCUT2D eigenvalue weighted by Gasteiger charge is 2.34. The van der Waals surface area contributed by atoms with Gasteiger partial charge in [0.1, 0.15) is 17.7 Å². The number of hydrogen-bond donors (Lipinski definition) is 1.